The van der Waals surface area contributed by atoms with Crippen molar-refractivity contribution in [2.75, 3.05) is 6.54 Å². The molecule has 0 saturated carbocycles. The third-order valence-corrected chi connectivity index (χ3v) is 5.96. The van der Waals surface area contributed by atoms with Gasteiger partial charge in [-0.1, -0.05) is 29.8 Å². The van der Waals surface area contributed by atoms with Crippen LogP contribution in [-0.4, -0.2) is 28.6 Å². The molecule has 2 aromatic rings. The van der Waals surface area contributed by atoms with Crippen LogP contribution in [0.15, 0.2) is 42.5 Å². The molecular weight excluding hydrogens is 364 g/mol. The van der Waals surface area contributed by atoms with Crippen molar-refractivity contribution in [3.63, 3.8) is 0 Å². The van der Waals surface area contributed by atoms with Crippen molar-refractivity contribution in [3.8, 4) is 0 Å². The number of rotatable bonds is 3. The molecule has 1 spiro atoms. The number of fused-ring (bicyclic) bond motifs is 1. The summed E-state index contributed by atoms with van der Waals surface area (Å²) >= 11 is 5.86. The lowest BCUT2D eigenvalue weighted by Crippen LogP contribution is -2.36. The van der Waals surface area contributed by atoms with Crippen LogP contribution in [0.2, 0.25) is 5.02 Å². The second kappa shape index (κ2) is 6.98. The largest absolute Gasteiger partial charge is 0.356 e. The Balaban J connectivity index is 1.52. The molecule has 0 radical (unpaired) electrons. The SMILES string of the molecule is O=C(c1ccc2c(c1)C[C@]1(CCNC1=O)CC2)N(O)Cc1ccc(Cl)cc1. The van der Waals surface area contributed by atoms with E-state index in [0.29, 0.717) is 22.1 Å². The third kappa shape index (κ3) is 3.45. The summed E-state index contributed by atoms with van der Waals surface area (Å²) in [6.45, 7) is 0.803. The Morgan fingerprint density at radius 3 is 2.63 bits per heavy atom. The van der Waals surface area contributed by atoms with Crippen LogP contribution in [0.1, 0.15) is 39.9 Å². The molecule has 1 atom stereocenters. The van der Waals surface area contributed by atoms with E-state index in [0.717, 1.165) is 36.9 Å². The summed E-state index contributed by atoms with van der Waals surface area (Å²) in [6.07, 6.45) is 3.18. The van der Waals surface area contributed by atoms with Crippen LogP contribution in [0.3, 0.4) is 0 Å². The van der Waals surface area contributed by atoms with Crippen molar-refractivity contribution in [1.82, 2.24) is 10.4 Å². The number of nitrogens with one attached hydrogen (secondary N) is 1. The third-order valence-electron chi connectivity index (χ3n) is 5.71. The fourth-order valence-electron chi connectivity index (χ4n) is 4.10. The van der Waals surface area contributed by atoms with Crippen LogP contribution in [0, 0.1) is 5.41 Å². The predicted molar refractivity (Wildman–Crippen MR) is 102 cm³/mol. The van der Waals surface area contributed by atoms with E-state index in [1.54, 1.807) is 30.3 Å². The molecule has 1 heterocycles. The van der Waals surface area contributed by atoms with E-state index in [4.69, 9.17) is 11.6 Å². The number of carbonyl (C=O) groups is 2. The zero-order chi connectivity index (χ0) is 19.0. The number of halogens is 1. The van der Waals surface area contributed by atoms with E-state index in [1.165, 1.54) is 5.56 Å². The first-order valence-electron chi connectivity index (χ1n) is 9.12. The molecule has 0 aromatic heterocycles. The fraction of sp³-hybridized carbons (Fsp3) is 0.333. The second-order valence-corrected chi connectivity index (χ2v) is 7.87. The average Bonchev–Trinajstić information content (AvgIpc) is 3.02. The smallest absolute Gasteiger partial charge is 0.277 e. The Kier molecular flexibility index (Phi) is 4.66. The minimum atomic E-state index is -0.455. The maximum Gasteiger partial charge on any atom is 0.277 e. The maximum atomic E-state index is 12.6. The van der Waals surface area contributed by atoms with Crippen LogP contribution in [0.4, 0.5) is 0 Å². The van der Waals surface area contributed by atoms with E-state index >= 15 is 0 Å². The Bertz CT molecular complexity index is 897. The Labute approximate surface area is 162 Å². The molecule has 4 rings (SSSR count). The van der Waals surface area contributed by atoms with Crippen LogP contribution in [-0.2, 0) is 24.2 Å². The zero-order valence-corrected chi connectivity index (χ0v) is 15.6. The molecule has 5 nitrogen and oxygen atoms in total. The predicted octanol–water partition coefficient (Wildman–Crippen LogP) is 3.37. The topological polar surface area (TPSA) is 69.6 Å². The molecule has 1 saturated heterocycles. The summed E-state index contributed by atoms with van der Waals surface area (Å²) in [5.41, 5.74) is 3.09. The molecule has 0 unspecified atom stereocenters. The zero-order valence-electron chi connectivity index (χ0n) is 14.9. The molecule has 2 aliphatic rings. The summed E-state index contributed by atoms with van der Waals surface area (Å²) in [4.78, 5) is 24.9. The van der Waals surface area contributed by atoms with Crippen molar-refractivity contribution in [2.45, 2.75) is 32.2 Å². The quantitative estimate of drug-likeness (QED) is 0.629. The molecule has 2 amide bonds. The van der Waals surface area contributed by atoms with Gasteiger partial charge in [0.05, 0.1) is 12.0 Å². The number of benzene rings is 2. The summed E-state index contributed by atoms with van der Waals surface area (Å²) in [5.74, 6) is -0.334. The van der Waals surface area contributed by atoms with Crippen LogP contribution in [0.25, 0.3) is 0 Å². The van der Waals surface area contributed by atoms with Gasteiger partial charge in [-0.3, -0.25) is 14.8 Å². The number of hydrogen-bond acceptors (Lipinski definition) is 3. The van der Waals surface area contributed by atoms with E-state index in [9.17, 15) is 14.8 Å². The van der Waals surface area contributed by atoms with E-state index in [-0.39, 0.29) is 17.9 Å². The van der Waals surface area contributed by atoms with Crippen molar-refractivity contribution in [1.29, 1.82) is 0 Å². The number of aryl methyl sites for hydroxylation is 1. The first-order valence-corrected chi connectivity index (χ1v) is 9.50. The lowest BCUT2D eigenvalue weighted by atomic mass is 9.70. The molecule has 1 fully saturated rings. The number of carbonyl (C=O) groups excluding carboxylic acids is 2. The monoisotopic (exact) mass is 384 g/mol. The molecule has 0 bridgehead atoms. The number of amides is 2. The fourth-order valence-corrected chi connectivity index (χ4v) is 4.23. The van der Waals surface area contributed by atoms with Crippen molar-refractivity contribution in [2.24, 2.45) is 5.41 Å². The minimum absolute atomic E-state index is 0.0828. The van der Waals surface area contributed by atoms with E-state index in [1.807, 2.05) is 12.1 Å². The number of hydrogen-bond donors (Lipinski definition) is 2. The van der Waals surface area contributed by atoms with Crippen LogP contribution >= 0.6 is 11.6 Å². The summed E-state index contributed by atoms with van der Waals surface area (Å²) in [5, 5.41) is 14.5. The first kappa shape index (κ1) is 18.0. The van der Waals surface area contributed by atoms with E-state index in [2.05, 4.69) is 5.32 Å². The van der Waals surface area contributed by atoms with Gasteiger partial charge in [0.15, 0.2) is 0 Å². The lowest BCUT2D eigenvalue weighted by molar-refractivity contribution is -0.128. The highest BCUT2D eigenvalue weighted by atomic mass is 35.5. The second-order valence-electron chi connectivity index (χ2n) is 7.44. The summed E-state index contributed by atoms with van der Waals surface area (Å²) in [7, 11) is 0. The Morgan fingerprint density at radius 2 is 1.93 bits per heavy atom. The lowest BCUT2D eigenvalue weighted by Gasteiger charge is -2.32. The molecule has 2 aromatic carbocycles. The molecule has 6 heteroatoms. The normalized spacial score (nSPS) is 21.0. The molecule has 27 heavy (non-hydrogen) atoms. The highest BCUT2D eigenvalue weighted by Gasteiger charge is 2.44. The first-order chi connectivity index (χ1) is 13.0. The van der Waals surface area contributed by atoms with Gasteiger partial charge in [-0.15, -0.1) is 0 Å². The molecule has 1 aliphatic carbocycles. The van der Waals surface area contributed by atoms with Gasteiger partial charge in [0.2, 0.25) is 5.91 Å². The molecule has 140 valence electrons. The standard InChI is InChI=1S/C21H21ClN2O3/c22-18-5-1-14(2-6-18)13-24(27)19(25)16-4-3-15-7-8-21(12-17(15)11-16)9-10-23-20(21)26/h1-6,11,27H,7-10,12-13H2,(H,23,26)/t21-/m1/s1. The van der Waals surface area contributed by atoms with Gasteiger partial charge in [-0.25, -0.2) is 5.06 Å². The van der Waals surface area contributed by atoms with Gasteiger partial charge in [0.1, 0.15) is 0 Å². The maximum absolute atomic E-state index is 12.6. The van der Waals surface area contributed by atoms with Gasteiger partial charge < -0.3 is 5.32 Å². The van der Waals surface area contributed by atoms with Gasteiger partial charge in [-0.2, -0.15) is 0 Å². The summed E-state index contributed by atoms with van der Waals surface area (Å²) in [6, 6.07) is 12.5. The number of hydroxylamine groups is 2. The molecule has 1 aliphatic heterocycles. The van der Waals surface area contributed by atoms with Gasteiger partial charge in [0.25, 0.3) is 5.91 Å². The van der Waals surface area contributed by atoms with Crippen molar-refractivity contribution < 1.29 is 14.8 Å². The van der Waals surface area contributed by atoms with Crippen molar-refractivity contribution >= 4 is 23.4 Å². The Hall–Kier alpha value is -2.37. The average molecular weight is 385 g/mol. The molecular formula is C21H21ClN2O3. The summed E-state index contributed by atoms with van der Waals surface area (Å²) < 4.78 is 0. The van der Waals surface area contributed by atoms with Crippen molar-refractivity contribution in [3.05, 3.63) is 69.7 Å². The van der Waals surface area contributed by atoms with Gasteiger partial charge >= 0.3 is 0 Å². The molecule has 2 N–H and O–H groups in total. The highest BCUT2D eigenvalue weighted by molar-refractivity contribution is 6.30. The van der Waals surface area contributed by atoms with Crippen LogP contribution < -0.4 is 5.32 Å². The van der Waals surface area contributed by atoms with Gasteiger partial charge in [0, 0.05) is 17.1 Å². The number of nitrogens with zero attached hydrogens (tertiary/aromatic N) is 1. The minimum Gasteiger partial charge on any atom is -0.356 e. The highest BCUT2D eigenvalue weighted by Crippen LogP contribution is 2.41. The van der Waals surface area contributed by atoms with Crippen LogP contribution in [0.5, 0.6) is 0 Å². The van der Waals surface area contributed by atoms with Gasteiger partial charge in [-0.05, 0) is 66.6 Å². The van der Waals surface area contributed by atoms with E-state index < -0.39 is 5.91 Å². The Morgan fingerprint density at radius 1 is 1.15 bits per heavy atom.